The van der Waals surface area contributed by atoms with Gasteiger partial charge in [0.1, 0.15) is 11.5 Å². The van der Waals surface area contributed by atoms with Crippen molar-refractivity contribution in [3.63, 3.8) is 0 Å². The Balaban J connectivity index is 1.36. The molecule has 2 atom stereocenters. The highest BCUT2D eigenvalue weighted by molar-refractivity contribution is 5.29. The summed E-state index contributed by atoms with van der Waals surface area (Å²) in [7, 11) is 1.37. The monoisotopic (exact) mass is 412 g/mol. The summed E-state index contributed by atoms with van der Waals surface area (Å²) in [5, 5.41) is 0. The van der Waals surface area contributed by atoms with Crippen LogP contribution in [-0.4, -0.2) is 26.4 Å². The fourth-order valence-corrected chi connectivity index (χ4v) is 5.11. The predicted molar refractivity (Wildman–Crippen MR) is 111 cm³/mol. The molecule has 1 saturated heterocycles. The Morgan fingerprint density at radius 2 is 1.59 bits per heavy atom. The van der Waals surface area contributed by atoms with Crippen molar-refractivity contribution >= 4 is 0 Å². The van der Waals surface area contributed by atoms with Crippen LogP contribution in [0.5, 0.6) is 0 Å². The van der Waals surface area contributed by atoms with Crippen LogP contribution in [0.15, 0.2) is 23.2 Å². The number of hydrogen-bond acceptors (Lipinski definition) is 3. The molecule has 166 valence electrons. The molecule has 5 heteroatoms. The van der Waals surface area contributed by atoms with E-state index in [1.807, 2.05) is 0 Å². The molecule has 1 saturated carbocycles. The van der Waals surface area contributed by atoms with Crippen molar-refractivity contribution in [2.45, 2.75) is 90.1 Å². The molecule has 2 aliphatic carbocycles. The van der Waals surface area contributed by atoms with Gasteiger partial charge in [-0.15, -0.1) is 0 Å². The van der Waals surface area contributed by atoms with Gasteiger partial charge in [0.25, 0.3) is 0 Å². The fourth-order valence-electron chi connectivity index (χ4n) is 5.11. The number of methoxy groups -OCH3 is 1. The average molecular weight is 413 g/mol. The van der Waals surface area contributed by atoms with Gasteiger partial charge in [0.2, 0.25) is 0 Å². The minimum atomic E-state index is -0.900. The van der Waals surface area contributed by atoms with Gasteiger partial charge in [-0.3, -0.25) is 0 Å². The van der Waals surface area contributed by atoms with Gasteiger partial charge in [-0.25, -0.2) is 0 Å². The summed E-state index contributed by atoms with van der Waals surface area (Å²) >= 11 is 0. The van der Waals surface area contributed by atoms with E-state index in [2.05, 4.69) is 6.92 Å². The normalized spacial score (nSPS) is 31.2. The molecule has 0 aromatic heterocycles. The minimum Gasteiger partial charge on any atom is -0.498 e. The molecule has 0 aromatic carbocycles. The van der Waals surface area contributed by atoms with Crippen LogP contribution in [0.2, 0.25) is 0 Å². The molecule has 29 heavy (non-hydrogen) atoms. The molecule has 0 aromatic rings. The van der Waals surface area contributed by atoms with E-state index in [-0.39, 0.29) is 11.5 Å². The molecule has 3 nitrogen and oxygen atoms in total. The van der Waals surface area contributed by atoms with Crippen LogP contribution in [0, 0.1) is 17.8 Å². The molecule has 1 aliphatic heterocycles. The molecule has 0 radical (unpaired) electrons. The fraction of sp³-hybridized carbons (Fsp3) is 0.833. The van der Waals surface area contributed by atoms with Crippen molar-refractivity contribution in [3.05, 3.63) is 23.2 Å². The highest BCUT2D eigenvalue weighted by atomic mass is 19.2. The van der Waals surface area contributed by atoms with Crippen molar-refractivity contribution in [2.24, 2.45) is 17.8 Å². The summed E-state index contributed by atoms with van der Waals surface area (Å²) in [5.74, 6) is 0.339. The van der Waals surface area contributed by atoms with E-state index >= 15 is 0 Å². The van der Waals surface area contributed by atoms with Crippen molar-refractivity contribution in [2.75, 3.05) is 20.3 Å². The van der Waals surface area contributed by atoms with Crippen LogP contribution in [0.1, 0.15) is 84.0 Å². The van der Waals surface area contributed by atoms with Crippen LogP contribution >= 0.6 is 0 Å². The minimum absolute atomic E-state index is 0.0812. The first-order chi connectivity index (χ1) is 14.1. The highest BCUT2D eigenvalue weighted by Gasteiger charge is 2.32. The van der Waals surface area contributed by atoms with E-state index in [9.17, 15) is 8.78 Å². The highest BCUT2D eigenvalue weighted by Crippen LogP contribution is 2.39. The Labute approximate surface area is 174 Å². The van der Waals surface area contributed by atoms with E-state index in [0.717, 1.165) is 25.4 Å². The largest absolute Gasteiger partial charge is 0.498 e. The lowest BCUT2D eigenvalue weighted by molar-refractivity contribution is -0.0440. The van der Waals surface area contributed by atoms with E-state index in [1.165, 1.54) is 58.5 Å². The van der Waals surface area contributed by atoms with Crippen LogP contribution < -0.4 is 0 Å². The molecule has 0 N–H and O–H groups in total. The van der Waals surface area contributed by atoms with E-state index in [4.69, 9.17) is 14.2 Å². The Bertz CT molecular complexity index is 571. The van der Waals surface area contributed by atoms with E-state index < -0.39 is 11.7 Å². The summed E-state index contributed by atoms with van der Waals surface area (Å²) < 4.78 is 44.7. The zero-order valence-electron chi connectivity index (χ0n) is 18.2. The number of unbranched alkanes of at least 4 members (excludes halogenated alkanes) is 2. The van der Waals surface area contributed by atoms with Crippen molar-refractivity contribution in [1.29, 1.82) is 0 Å². The second kappa shape index (κ2) is 11.3. The maximum Gasteiger partial charge on any atom is 0.199 e. The van der Waals surface area contributed by atoms with Crippen LogP contribution in [-0.2, 0) is 14.2 Å². The molecule has 0 bridgehead atoms. The zero-order chi connectivity index (χ0) is 20.6. The zero-order valence-corrected chi connectivity index (χ0v) is 18.2. The quantitative estimate of drug-likeness (QED) is 0.382. The predicted octanol–water partition coefficient (Wildman–Crippen LogP) is 6.99. The molecule has 1 heterocycles. The SMILES string of the molecule is CCCCCC1CCC(C2CCC(COC3=C(F)C(F)=C(OC)CC3)CC2)CO1. The third-order valence-electron chi connectivity index (χ3n) is 7.09. The Kier molecular flexibility index (Phi) is 8.83. The van der Waals surface area contributed by atoms with Gasteiger partial charge < -0.3 is 14.2 Å². The van der Waals surface area contributed by atoms with Gasteiger partial charge in [-0.1, -0.05) is 26.2 Å². The smallest absolute Gasteiger partial charge is 0.199 e. The molecule has 2 unspecified atom stereocenters. The van der Waals surface area contributed by atoms with Gasteiger partial charge in [-0.05, 0) is 62.7 Å². The van der Waals surface area contributed by atoms with Crippen molar-refractivity contribution < 1.29 is 23.0 Å². The number of allylic oxidation sites excluding steroid dienone is 4. The first-order valence-corrected chi connectivity index (χ1v) is 11.7. The second-order valence-electron chi connectivity index (χ2n) is 9.06. The first-order valence-electron chi connectivity index (χ1n) is 11.7. The van der Waals surface area contributed by atoms with Crippen molar-refractivity contribution in [1.82, 2.24) is 0 Å². The lowest BCUT2D eigenvalue weighted by Gasteiger charge is -2.38. The molecule has 0 amide bonds. The van der Waals surface area contributed by atoms with E-state index in [0.29, 0.717) is 37.4 Å². The molecular formula is C24H38F2O3. The maximum atomic E-state index is 14.1. The lowest BCUT2D eigenvalue weighted by Crippen LogP contribution is -2.33. The lowest BCUT2D eigenvalue weighted by atomic mass is 9.74. The number of ether oxygens (including phenoxy) is 3. The maximum absolute atomic E-state index is 14.1. The van der Waals surface area contributed by atoms with Crippen LogP contribution in [0.3, 0.4) is 0 Å². The summed E-state index contributed by atoms with van der Waals surface area (Å²) in [6.45, 7) is 3.66. The molecule has 3 aliphatic rings. The van der Waals surface area contributed by atoms with Gasteiger partial charge in [-0.2, -0.15) is 8.78 Å². The molecular weight excluding hydrogens is 374 g/mol. The average Bonchev–Trinajstić information content (AvgIpc) is 2.76. The summed E-state index contributed by atoms with van der Waals surface area (Å²) in [6, 6.07) is 0. The summed E-state index contributed by atoms with van der Waals surface area (Å²) in [6.07, 6.45) is 13.4. The van der Waals surface area contributed by atoms with Crippen LogP contribution in [0.25, 0.3) is 0 Å². The van der Waals surface area contributed by atoms with Crippen molar-refractivity contribution in [3.8, 4) is 0 Å². The topological polar surface area (TPSA) is 27.7 Å². The molecule has 3 rings (SSSR count). The van der Waals surface area contributed by atoms with E-state index in [1.54, 1.807) is 0 Å². The Hall–Kier alpha value is -1.10. The number of rotatable bonds is 9. The summed E-state index contributed by atoms with van der Waals surface area (Å²) in [5.41, 5.74) is 0. The summed E-state index contributed by atoms with van der Waals surface area (Å²) in [4.78, 5) is 0. The van der Waals surface area contributed by atoms with Gasteiger partial charge in [0.15, 0.2) is 11.7 Å². The van der Waals surface area contributed by atoms with Gasteiger partial charge in [0, 0.05) is 12.8 Å². The first kappa shape index (κ1) is 22.6. The second-order valence-corrected chi connectivity index (χ2v) is 9.06. The van der Waals surface area contributed by atoms with Gasteiger partial charge >= 0.3 is 0 Å². The molecule has 0 spiro atoms. The third kappa shape index (κ3) is 6.19. The van der Waals surface area contributed by atoms with Gasteiger partial charge in [0.05, 0.1) is 26.4 Å². The number of hydrogen-bond donors (Lipinski definition) is 0. The third-order valence-corrected chi connectivity index (χ3v) is 7.09. The Morgan fingerprint density at radius 3 is 2.24 bits per heavy atom. The standard InChI is InChI=1S/C24H38F2O3/c1-3-4-5-6-20-12-11-19(16-28-20)18-9-7-17(8-10-18)15-29-22-14-13-21(27-2)23(25)24(22)26/h17-20H,3-16H2,1-2H3. The molecule has 2 fully saturated rings. The Morgan fingerprint density at radius 1 is 0.897 bits per heavy atom. The number of halogens is 2. The van der Waals surface area contributed by atoms with Crippen LogP contribution in [0.4, 0.5) is 8.78 Å².